The average molecular weight is 299 g/mol. The Labute approximate surface area is 127 Å². The van der Waals surface area contributed by atoms with Gasteiger partial charge >= 0.3 is 6.09 Å². The Morgan fingerprint density at radius 1 is 1.45 bits per heavy atom. The zero-order valence-electron chi connectivity index (χ0n) is 12.5. The van der Waals surface area contributed by atoms with Crippen molar-refractivity contribution < 1.29 is 9.53 Å². The van der Waals surface area contributed by atoms with E-state index in [9.17, 15) is 4.79 Å². The highest BCUT2D eigenvalue weighted by Gasteiger charge is 2.31. The fourth-order valence-corrected chi connectivity index (χ4v) is 2.72. The summed E-state index contributed by atoms with van der Waals surface area (Å²) in [4.78, 5) is 16.2. The molecule has 0 bridgehead atoms. The van der Waals surface area contributed by atoms with Gasteiger partial charge in [0.1, 0.15) is 6.10 Å². The lowest BCUT2D eigenvalue weighted by atomic mass is 10.2. The predicted molar refractivity (Wildman–Crippen MR) is 84.0 cm³/mol. The first-order valence-electron chi connectivity index (χ1n) is 7.19. The quantitative estimate of drug-likeness (QED) is 0.488. The molecule has 1 aromatic carbocycles. The summed E-state index contributed by atoms with van der Waals surface area (Å²) in [6, 6.07) is 8.33. The van der Waals surface area contributed by atoms with E-state index in [0.717, 1.165) is 16.6 Å². The van der Waals surface area contributed by atoms with Crippen LogP contribution in [0.4, 0.5) is 10.5 Å². The van der Waals surface area contributed by atoms with E-state index in [2.05, 4.69) is 28.4 Å². The van der Waals surface area contributed by atoms with Crippen molar-refractivity contribution in [3.05, 3.63) is 40.9 Å². The lowest BCUT2D eigenvalue weighted by Gasteiger charge is -2.14. The van der Waals surface area contributed by atoms with Gasteiger partial charge in [0.05, 0.1) is 13.1 Å². The number of fused-ring (bicyclic) bond motifs is 1. The van der Waals surface area contributed by atoms with Crippen LogP contribution < -0.4 is 4.90 Å². The molecule has 1 amide bonds. The van der Waals surface area contributed by atoms with E-state index < -0.39 is 6.09 Å². The molecule has 3 rings (SSSR count). The standard InChI is InChI=1S/C15H17N5O2/c1-10(2)19-6-5-11-7-12(3-4-14(11)19)20-9-13(8-17-18-16)22-15(20)21/h3-7,10,13H,8-9H2,1-2H3/t13-/m0/s1. The number of ether oxygens (including phenoxy) is 1. The minimum absolute atomic E-state index is 0.157. The van der Waals surface area contributed by atoms with Crippen molar-refractivity contribution >= 4 is 22.7 Å². The van der Waals surface area contributed by atoms with Gasteiger partial charge in [-0.25, -0.2) is 4.79 Å². The number of rotatable bonds is 4. The predicted octanol–water partition coefficient (Wildman–Crippen LogP) is 3.86. The molecule has 114 valence electrons. The Morgan fingerprint density at radius 3 is 3.00 bits per heavy atom. The molecule has 1 atom stereocenters. The van der Waals surface area contributed by atoms with Crippen molar-refractivity contribution in [1.82, 2.24) is 4.57 Å². The Kier molecular flexibility index (Phi) is 3.65. The Bertz CT molecular complexity index is 760. The van der Waals surface area contributed by atoms with Crippen LogP contribution in [0.15, 0.2) is 35.6 Å². The second kappa shape index (κ2) is 5.61. The Balaban J connectivity index is 1.87. The number of carbonyl (C=O) groups excluding carboxylic acids is 1. The first-order valence-corrected chi connectivity index (χ1v) is 7.19. The van der Waals surface area contributed by atoms with Gasteiger partial charge in [-0.15, -0.1) is 0 Å². The van der Waals surface area contributed by atoms with E-state index in [-0.39, 0.29) is 12.6 Å². The number of nitrogens with zero attached hydrogens (tertiary/aromatic N) is 5. The summed E-state index contributed by atoms with van der Waals surface area (Å²) in [7, 11) is 0. The molecule has 1 aliphatic rings. The number of hydrogen-bond acceptors (Lipinski definition) is 3. The number of hydrogen-bond donors (Lipinski definition) is 0. The zero-order chi connectivity index (χ0) is 15.7. The van der Waals surface area contributed by atoms with Crippen molar-refractivity contribution in [2.45, 2.75) is 26.0 Å². The summed E-state index contributed by atoms with van der Waals surface area (Å²) in [6.45, 7) is 4.82. The van der Waals surface area contributed by atoms with Crippen LogP contribution in [0.1, 0.15) is 19.9 Å². The van der Waals surface area contributed by atoms with Crippen LogP contribution in [0.5, 0.6) is 0 Å². The maximum absolute atomic E-state index is 12.0. The second-order valence-electron chi connectivity index (χ2n) is 5.59. The second-order valence-corrected chi connectivity index (χ2v) is 5.59. The van der Waals surface area contributed by atoms with Crippen LogP contribution in [-0.4, -0.2) is 29.9 Å². The van der Waals surface area contributed by atoms with Crippen molar-refractivity contribution in [2.75, 3.05) is 18.0 Å². The smallest absolute Gasteiger partial charge is 0.414 e. The highest BCUT2D eigenvalue weighted by atomic mass is 16.6. The summed E-state index contributed by atoms with van der Waals surface area (Å²) in [5.41, 5.74) is 10.3. The number of azide groups is 1. The first-order chi connectivity index (χ1) is 10.6. The molecule has 0 spiro atoms. The molecule has 1 aromatic heterocycles. The highest BCUT2D eigenvalue weighted by molar-refractivity contribution is 5.93. The van der Waals surface area contributed by atoms with Gasteiger partial charge in [-0.05, 0) is 43.6 Å². The van der Waals surface area contributed by atoms with E-state index in [0.29, 0.717) is 12.6 Å². The van der Waals surface area contributed by atoms with Crippen LogP contribution in [0.2, 0.25) is 0 Å². The van der Waals surface area contributed by atoms with Crippen molar-refractivity contribution in [3.8, 4) is 0 Å². The number of aromatic nitrogens is 1. The topological polar surface area (TPSA) is 83.2 Å². The van der Waals surface area contributed by atoms with Crippen LogP contribution >= 0.6 is 0 Å². The van der Waals surface area contributed by atoms with E-state index in [1.54, 1.807) is 4.90 Å². The SMILES string of the molecule is CC(C)n1ccc2cc(N3C[C@H](CN=[N+]=[N-])OC3=O)ccc21. The van der Waals surface area contributed by atoms with Gasteiger partial charge < -0.3 is 9.30 Å². The van der Waals surface area contributed by atoms with Gasteiger partial charge in [0, 0.05) is 33.7 Å². The minimum atomic E-state index is -0.402. The monoisotopic (exact) mass is 299 g/mol. The molecule has 2 heterocycles. The molecule has 22 heavy (non-hydrogen) atoms. The molecule has 2 aromatic rings. The summed E-state index contributed by atoms with van der Waals surface area (Å²) in [5, 5.41) is 4.54. The van der Waals surface area contributed by atoms with Crippen molar-refractivity contribution in [1.29, 1.82) is 0 Å². The summed E-state index contributed by atoms with van der Waals surface area (Å²) >= 11 is 0. The normalized spacial score (nSPS) is 17.9. The Hall–Kier alpha value is -2.66. The largest absolute Gasteiger partial charge is 0.444 e. The molecule has 0 radical (unpaired) electrons. The fourth-order valence-electron chi connectivity index (χ4n) is 2.72. The molecule has 0 N–H and O–H groups in total. The van der Waals surface area contributed by atoms with Gasteiger partial charge in [-0.1, -0.05) is 5.11 Å². The van der Waals surface area contributed by atoms with Crippen LogP contribution in [0.25, 0.3) is 21.3 Å². The third kappa shape index (κ3) is 2.46. The van der Waals surface area contributed by atoms with Crippen LogP contribution in [-0.2, 0) is 4.74 Å². The van der Waals surface area contributed by atoms with E-state index in [4.69, 9.17) is 10.3 Å². The van der Waals surface area contributed by atoms with Gasteiger partial charge in [-0.3, -0.25) is 4.90 Å². The number of amides is 1. The summed E-state index contributed by atoms with van der Waals surface area (Å²) in [6.07, 6.45) is 1.26. The number of carbonyl (C=O) groups is 1. The van der Waals surface area contributed by atoms with E-state index in [1.807, 2.05) is 30.5 Å². The molecular weight excluding hydrogens is 282 g/mol. The number of benzene rings is 1. The van der Waals surface area contributed by atoms with Gasteiger partial charge in [0.2, 0.25) is 0 Å². The molecule has 1 aliphatic heterocycles. The lowest BCUT2D eigenvalue weighted by Crippen LogP contribution is -2.25. The van der Waals surface area contributed by atoms with Gasteiger partial charge in [-0.2, -0.15) is 0 Å². The Morgan fingerprint density at radius 2 is 2.27 bits per heavy atom. The molecule has 0 unspecified atom stereocenters. The van der Waals surface area contributed by atoms with E-state index in [1.165, 1.54) is 0 Å². The van der Waals surface area contributed by atoms with Crippen LogP contribution in [0, 0.1) is 0 Å². The maximum Gasteiger partial charge on any atom is 0.414 e. The fraction of sp³-hybridized carbons (Fsp3) is 0.400. The molecule has 1 fully saturated rings. The molecule has 7 heteroatoms. The zero-order valence-corrected chi connectivity index (χ0v) is 12.5. The molecule has 0 aliphatic carbocycles. The first kappa shape index (κ1) is 14.3. The molecule has 1 saturated heterocycles. The third-order valence-corrected chi connectivity index (χ3v) is 3.79. The van der Waals surface area contributed by atoms with Crippen molar-refractivity contribution in [3.63, 3.8) is 0 Å². The van der Waals surface area contributed by atoms with Gasteiger partial charge in [0.25, 0.3) is 0 Å². The summed E-state index contributed by atoms with van der Waals surface area (Å²) in [5.74, 6) is 0. The molecule has 0 saturated carbocycles. The lowest BCUT2D eigenvalue weighted by molar-refractivity contribution is 0.145. The van der Waals surface area contributed by atoms with Gasteiger partial charge in [0.15, 0.2) is 0 Å². The molecular formula is C15H17N5O2. The average Bonchev–Trinajstić information content (AvgIpc) is 3.07. The van der Waals surface area contributed by atoms with Crippen molar-refractivity contribution in [2.24, 2.45) is 5.11 Å². The molecule has 7 nitrogen and oxygen atoms in total. The van der Waals surface area contributed by atoms with Crippen LogP contribution in [0.3, 0.4) is 0 Å². The maximum atomic E-state index is 12.0. The van der Waals surface area contributed by atoms with E-state index >= 15 is 0 Å². The highest BCUT2D eigenvalue weighted by Crippen LogP contribution is 2.28. The minimum Gasteiger partial charge on any atom is -0.444 e. The third-order valence-electron chi connectivity index (χ3n) is 3.79. The number of cyclic esters (lactones) is 1. The summed E-state index contributed by atoms with van der Waals surface area (Å²) < 4.78 is 7.39. The number of anilines is 1.